The third-order valence-electron chi connectivity index (χ3n) is 6.20. The van der Waals surface area contributed by atoms with Crippen LogP contribution < -0.4 is 0 Å². The summed E-state index contributed by atoms with van der Waals surface area (Å²) >= 11 is 0. The van der Waals surface area contributed by atoms with E-state index < -0.39 is 0 Å². The number of hydrogen-bond donors (Lipinski definition) is 0. The Morgan fingerprint density at radius 1 is 1.18 bits per heavy atom. The van der Waals surface area contributed by atoms with Crippen LogP contribution in [0.25, 0.3) is 11.0 Å². The number of pyridine rings is 1. The molecule has 0 radical (unpaired) electrons. The van der Waals surface area contributed by atoms with E-state index in [2.05, 4.69) is 45.6 Å². The fraction of sp³-hybridized carbons (Fsp3) is 0.696. The molecule has 2 aromatic rings. The van der Waals surface area contributed by atoms with Crippen LogP contribution in [0.3, 0.4) is 0 Å². The lowest BCUT2D eigenvalue weighted by Crippen LogP contribution is -2.43. The number of hydrogen-bond acceptors (Lipinski definition) is 3. The average molecular weight is 383 g/mol. The molecule has 1 amide bonds. The van der Waals surface area contributed by atoms with Gasteiger partial charge in [0.05, 0.1) is 22.2 Å². The monoisotopic (exact) mass is 382 g/mol. The second-order valence-electron chi connectivity index (χ2n) is 9.98. The van der Waals surface area contributed by atoms with Gasteiger partial charge in [0.15, 0.2) is 5.65 Å². The van der Waals surface area contributed by atoms with Gasteiger partial charge in [0, 0.05) is 23.7 Å². The van der Waals surface area contributed by atoms with Gasteiger partial charge in [-0.3, -0.25) is 4.79 Å². The SMILES string of the molecule is Cc1nn(C(C)(C)C)c2nc(C3CC3)cc(C(=O)N(C(C)C)C3CCCC3)c12. The average Bonchev–Trinajstić information content (AvgIpc) is 3.22. The molecule has 28 heavy (non-hydrogen) atoms. The Hall–Kier alpha value is -1.91. The predicted molar refractivity (Wildman–Crippen MR) is 113 cm³/mol. The van der Waals surface area contributed by atoms with Crippen molar-refractivity contribution in [1.29, 1.82) is 0 Å². The first-order chi connectivity index (χ1) is 13.2. The second-order valence-corrected chi connectivity index (χ2v) is 9.98. The van der Waals surface area contributed by atoms with Gasteiger partial charge < -0.3 is 4.90 Å². The van der Waals surface area contributed by atoms with Crippen molar-refractivity contribution in [2.75, 3.05) is 0 Å². The Balaban J connectivity index is 1.89. The summed E-state index contributed by atoms with van der Waals surface area (Å²) in [5, 5.41) is 5.75. The second kappa shape index (κ2) is 6.85. The van der Waals surface area contributed by atoms with Crippen molar-refractivity contribution < 1.29 is 4.79 Å². The molecular weight excluding hydrogens is 348 g/mol. The number of nitrogens with zero attached hydrogens (tertiary/aromatic N) is 4. The standard InChI is InChI=1S/C23H34N4O/c1-14(2)26(17-9-7-8-10-17)22(28)18-13-19(16-11-12-16)24-21-20(18)15(3)25-27(21)23(4,5)6/h13-14,16-17H,7-12H2,1-6H3. The van der Waals surface area contributed by atoms with Crippen molar-refractivity contribution >= 4 is 16.9 Å². The molecule has 0 aliphatic heterocycles. The summed E-state index contributed by atoms with van der Waals surface area (Å²) < 4.78 is 2.01. The molecule has 152 valence electrons. The van der Waals surface area contributed by atoms with E-state index in [1.54, 1.807) is 0 Å². The van der Waals surface area contributed by atoms with Gasteiger partial charge in [-0.15, -0.1) is 0 Å². The number of rotatable bonds is 4. The number of amides is 1. The van der Waals surface area contributed by atoms with Crippen LogP contribution in [0, 0.1) is 6.92 Å². The maximum absolute atomic E-state index is 13.9. The van der Waals surface area contributed by atoms with Crippen molar-refractivity contribution in [2.45, 2.75) is 104 Å². The van der Waals surface area contributed by atoms with Gasteiger partial charge in [0.1, 0.15) is 0 Å². The Kier molecular flexibility index (Phi) is 4.75. The van der Waals surface area contributed by atoms with Crippen LogP contribution in [0.4, 0.5) is 0 Å². The molecule has 2 heterocycles. The van der Waals surface area contributed by atoms with Crippen LogP contribution in [-0.4, -0.2) is 37.7 Å². The first kappa shape index (κ1) is 19.4. The number of carbonyl (C=O) groups excluding carboxylic acids is 1. The van der Waals surface area contributed by atoms with E-state index in [1.807, 2.05) is 11.6 Å². The van der Waals surface area contributed by atoms with Crippen LogP contribution in [-0.2, 0) is 5.54 Å². The molecule has 0 spiro atoms. The topological polar surface area (TPSA) is 51.0 Å². The highest BCUT2D eigenvalue weighted by Gasteiger charge is 2.34. The van der Waals surface area contributed by atoms with Gasteiger partial charge in [0.25, 0.3) is 5.91 Å². The van der Waals surface area contributed by atoms with E-state index in [1.165, 1.54) is 25.7 Å². The van der Waals surface area contributed by atoms with E-state index in [0.717, 1.165) is 40.8 Å². The normalized spacial score (nSPS) is 18.4. The molecule has 0 aromatic carbocycles. The Labute approximate surface area is 168 Å². The molecule has 0 atom stereocenters. The maximum atomic E-state index is 13.9. The third kappa shape index (κ3) is 3.33. The van der Waals surface area contributed by atoms with Crippen molar-refractivity contribution in [3.05, 3.63) is 23.0 Å². The first-order valence-corrected chi connectivity index (χ1v) is 10.9. The van der Waals surface area contributed by atoms with Crippen LogP contribution >= 0.6 is 0 Å². The zero-order chi connectivity index (χ0) is 20.2. The molecule has 0 N–H and O–H groups in total. The number of carbonyl (C=O) groups is 1. The van der Waals surface area contributed by atoms with Gasteiger partial charge in [-0.2, -0.15) is 5.10 Å². The van der Waals surface area contributed by atoms with E-state index in [-0.39, 0.29) is 17.5 Å². The molecule has 5 heteroatoms. The van der Waals surface area contributed by atoms with E-state index in [4.69, 9.17) is 10.1 Å². The molecular formula is C23H34N4O. The van der Waals surface area contributed by atoms with E-state index in [9.17, 15) is 4.79 Å². The molecule has 2 fully saturated rings. The fourth-order valence-corrected chi connectivity index (χ4v) is 4.68. The van der Waals surface area contributed by atoms with Gasteiger partial charge >= 0.3 is 0 Å². The minimum absolute atomic E-state index is 0.160. The Morgan fingerprint density at radius 2 is 1.82 bits per heavy atom. The maximum Gasteiger partial charge on any atom is 0.255 e. The van der Waals surface area contributed by atoms with Crippen LogP contribution in [0.15, 0.2) is 6.07 Å². The van der Waals surface area contributed by atoms with Crippen molar-refractivity contribution in [2.24, 2.45) is 0 Å². The minimum Gasteiger partial charge on any atom is -0.333 e. The summed E-state index contributed by atoms with van der Waals surface area (Å²) in [6, 6.07) is 2.63. The zero-order valence-corrected chi connectivity index (χ0v) is 18.2. The molecule has 2 aromatic heterocycles. The summed E-state index contributed by atoms with van der Waals surface area (Å²) in [6.45, 7) is 12.7. The lowest BCUT2D eigenvalue weighted by atomic mass is 10.0. The van der Waals surface area contributed by atoms with Crippen LogP contribution in [0.5, 0.6) is 0 Å². The van der Waals surface area contributed by atoms with Gasteiger partial charge in [-0.05, 0) is 73.3 Å². The molecule has 4 rings (SSSR count). The highest BCUT2D eigenvalue weighted by Crippen LogP contribution is 2.41. The third-order valence-corrected chi connectivity index (χ3v) is 6.20. The molecule has 2 saturated carbocycles. The Morgan fingerprint density at radius 3 is 2.36 bits per heavy atom. The number of aromatic nitrogens is 3. The smallest absolute Gasteiger partial charge is 0.255 e. The van der Waals surface area contributed by atoms with Gasteiger partial charge in [-0.25, -0.2) is 9.67 Å². The van der Waals surface area contributed by atoms with Gasteiger partial charge in [0.2, 0.25) is 0 Å². The highest BCUT2D eigenvalue weighted by molar-refractivity contribution is 6.07. The van der Waals surface area contributed by atoms with Gasteiger partial charge in [-0.1, -0.05) is 12.8 Å². The van der Waals surface area contributed by atoms with E-state index >= 15 is 0 Å². The largest absolute Gasteiger partial charge is 0.333 e. The fourth-order valence-electron chi connectivity index (χ4n) is 4.68. The van der Waals surface area contributed by atoms with Crippen LogP contribution in [0.2, 0.25) is 0 Å². The summed E-state index contributed by atoms with van der Waals surface area (Å²) in [6.07, 6.45) is 7.03. The molecule has 0 bridgehead atoms. The minimum atomic E-state index is -0.175. The van der Waals surface area contributed by atoms with Crippen molar-refractivity contribution in [3.63, 3.8) is 0 Å². The molecule has 5 nitrogen and oxygen atoms in total. The summed E-state index contributed by atoms with van der Waals surface area (Å²) in [7, 11) is 0. The van der Waals surface area contributed by atoms with E-state index in [0.29, 0.717) is 12.0 Å². The molecule has 2 aliphatic carbocycles. The van der Waals surface area contributed by atoms with Crippen LogP contribution in [0.1, 0.15) is 101 Å². The predicted octanol–water partition coefficient (Wildman–Crippen LogP) is 5.17. The van der Waals surface area contributed by atoms with Crippen molar-refractivity contribution in [1.82, 2.24) is 19.7 Å². The zero-order valence-electron chi connectivity index (χ0n) is 18.2. The highest BCUT2D eigenvalue weighted by atomic mass is 16.2. The Bertz CT molecular complexity index is 895. The number of aryl methyl sites for hydroxylation is 1. The molecule has 0 unspecified atom stereocenters. The lowest BCUT2D eigenvalue weighted by molar-refractivity contribution is 0.0615. The summed E-state index contributed by atoms with van der Waals surface area (Å²) in [5.41, 5.74) is 3.47. The summed E-state index contributed by atoms with van der Waals surface area (Å²) in [5.74, 6) is 0.659. The quantitative estimate of drug-likeness (QED) is 0.733. The molecule has 2 aliphatic rings. The number of fused-ring (bicyclic) bond motifs is 1. The molecule has 0 saturated heterocycles. The lowest BCUT2D eigenvalue weighted by Gasteiger charge is -2.33. The first-order valence-electron chi connectivity index (χ1n) is 10.9. The van der Waals surface area contributed by atoms with Crippen molar-refractivity contribution in [3.8, 4) is 0 Å². The summed E-state index contributed by atoms with van der Waals surface area (Å²) in [4.78, 5) is 21.0.